The van der Waals surface area contributed by atoms with Crippen molar-refractivity contribution in [3.63, 3.8) is 0 Å². The fourth-order valence-corrected chi connectivity index (χ4v) is 2.71. The second kappa shape index (κ2) is 6.22. The van der Waals surface area contributed by atoms with Crippen LogP contribution < -0.4 is 10.2 Å². The number of hydrogen-bond acceptors (Lipinski definition) is 4. The molecule has 1 N–H and O–H groups in total. The first-order valence-corrected chi connectivity index (χ1v) is 7.22. The zero-order chi connectivity index (χ0) is 14.7. The third-order valence-electron chi connectivity index (χ3n) is 3.92. The summed E-state index contributed by atoms with van der Waals surface area (Å²) < 4.78 is 0. The standard InChI is InChI=1S/C15H24N4O/c1-11(2)18-8-9-19(12(3)10-18)14-13(15(20)16-4)6-5-7-17-14/h5-7,11-12H,8-10H2,1-4H3,(H,16,20). The number of anilines is 1. The van der Waals surface area contributed by atoms with Gasteiger partial charge in [0.05, 0.1) is 5.56 Å². The number of rotatable bonds is 3. The van der Waals surface area contributed by atoms with E-state index in [9.17, 15) is 4.79 Å². The van der Waals surface area contributed by atoms with Gasteiger partial charge >= 0.3 is 0 Å². The van der Waals surface area contributed by atoms with E-state index in [2.05, 4.69) is 40.9 Å². The van der Waals surface area contributed by atoms with Gasteiger partial charge in [-0.2, -0.15) is 0 Å². The lowest BCUT2D eigenvalue weighted by atomic mass is 10.1. The van der Waals surface area contributed by atoms with Gasteiger partial charge in [0.25, 0.3) is 5.91 Å². The van der Waals surface area contributed by atoms with Crippen LogP contribution in [0.5, 0.6) is 0 Å². The van der Waals surface area contributed by atoms with Crippen LogP contribution in [0.15, 0.2) is 18.3 Å². The van der Waals surface area contributed by atoms with Crippen LogP contribution in [0.1, 0.15) is 31.1 Å². The van der Waals surface area contributed by atoms with Gasteiger partial charge in [-0.3, -0.25) is 9.69 Å². The summed E-state index contributed by atoms with van der Waals surface area (Å²) in [5.41, 5.74) is 0.653. The van der Waals surface area contributed by atoms with Crippen LogP contribution in [0.2, 0.25) is 0 Å². The molecule has 1 aromatic rings. The van der Waals surface area contributed by atoms with Crippen molar-refractivity contribution in [1.29, 1.82) is 0 Å². The largest absolute Gasteiger partial charge is 0.355 e. The lowest BCUT2D eigenvalue weighted by Gasteiger charge is -2.42. The third-order valence-corrected chi connectivity index (χ3v) is 3.92. The molecule has 5 heteroatoms. The molecule has 1 atom stereocenters. The Bertz CT molecular complexity index is 475. The molecule has 0 aliphatic carbocycles. The molecule has 0 bridgehead atoms. The minimum atomic E-state index is -0.0772. The molecule has 1 aromatic heterocycles. The Morgan fingerprint density at radius 1 is 1.45 bits per heavy atom. The molecule has 1 aliphatic rings. The molecule has 20 heavy (non-hydrogen) atoms. The Morgan fingerprint density at radius 3 is 2.80 bits per heavy atom. The minimum Gasteiger partial charge on any atom is -0.355 e. The molecule has 1 aliphatic heterocycles. The average molecular weight is 276 g/mol. The van der Waals surface area contributed by atoms with Crippen molar-refractivity contribution in [3.05, 3.63) is 23.9 Å². The number of amides is 1. The van der Waals surface area contributed by atoms with E-state index in [1.165, 1.54) is 0 Å². The van der Waals surface area contributed by atoms with Gasteiger partial charge in [0.2, 0.25) is 0 Å². The zero-order valence-corrected chi connectivity index (χ0v) is 12.8. The summed E-state index contributed by atoms with van der Waals surface area (Å²) in [5.74, 6) is 0.717. The van der Waals surface area contributed by atoms with Crippen molar-refractivity contribution in [2.75, 3.05) is 31.6 Å². The zero-order valence-electron chi connectivity index (χ0n) is 12.8. The quantitative estimate of drug-likeness (QED) is 0.905. The maximum atomic E-state index is 12.0. The second-order valence-electron chi connectivity index (χ2n) is 5.58. The molecule has 2 rings (SSSR count). The summed E-state index contributed by atoms with van der Waals surface area (Å²) in [4.78, 5) is 21.1. The maximum absolute atomic E-state index is 12.0. The number of nitrogens with zero attached hydrogens (tertiary/aromatic N) is 3. The fourth-order valence-electron chi connectivity index (χ4n) is 2.71. The highest BCUT2D eigenvalue weighted by atomic mass is 16.1. The Kier molecular flexibility index (Phi) is 4.60. The maximum Gasteiger partial charge on any atom is 0.254 e. The Labute approximate surface area is 121 Å². The van der Waals surface area contributed by atoms with Crippen LogP contribution >= 0.6 is 0 Å². The number of aromatic nitrogens is 1. The van der Waals surface area contributed by atoms with Gasteiger partial charge in [-0.05, 0) is 32.9 Å². The minimum absolute atomic E-state index is 0.0772. The molecule has 1 unspecified atom stereocenters. The van der Waals surface area contributed by atoms with Gasteiger partial charge in [0.1, 0.15) is 5.82 Å². The normalized spacial score (nSPS) is 20.2. The van der Waals surface area contributed by atoms with E-state index in [-0.39, 0.29) is 5.91 Å². The topological polar surface area (TPSA) is 48.5 Å². The molecule has 1 amide bonds. The van der Waals surface area contributed by atoms with E-state index in [4.69, 9.17) is 0 Å². The van der Waals surface area contributed by atoms with Crippen LogP contribution in [-0.2, 0) is 0 Å². The SMILES string of the molecule is CNC(=O)c1cccnc1N1CCN(C(C)C)CC1C. The van der Waals surface area contributed by atoms with Crippen molar-refractivity contribution in [3.8, 4) is 0 Å². The molecule has 0 saturated carbocycles. The van der Waals surface area contributed by atoms with E-state index >= 15 is 0 Å². The summed E-state index contributed by atoms with van der Waals surface area (Å²) in [6, 6.07) is 4.55. The molecular formula is C15H24N4O. The number of piperazine rings is 1. The summed E-state index contributed by atoms with van der Waals surface area (Å²) in [5, 5.41) is 2.69. The molecule has 5 nitrogen and oxygen atoms in total. The second-order valence-corrected chi connectivity index (χ2v) is 5.58. The van der Waals surface area contributed by atoms with Crippen LogP contribution in [0.3, 0.4) is 0 Å². The highest BCUT2D eigenvalue weighted by Gasteiger charge is 2.28. The van der Waals surface area contributed by atoms with E-state index in [0.717, 1.165) is 25.5 Å². The van der Waals surface area contributed by atoms with Crippen LogP contribution in [-0.4, -0.2) is 54.6 Å². The summed E-state index contributed by atoms with van der Waals surface area (Å²) in [6.07, 6.45) is 1.75. The van der Waals surface area contributed by atoms with Gasteiger partial charge in [0, 0.05) is 45.0 Å². The monoisotopic (exact) mass is 276 g/mol. The first-order chi connectivity index (χ1) is 9.54. The van der Waals surface area contributed by atoms with E-state index < -0.39 is 0 Å². The van der Waals surface area contributed by atoms with Gasteiger partial charge in [-0.1, -0.05) is 0 Å². The highest BCUT2D eigenvalue weighted by Crippen LogP contribution is 2.23. The van der Waals surface area contributed by atoms with Gasteiger partial charge in [0.15, 0.2) is 0 Å². The average Bonchev–Trinajstić information content (AvgIpc) is 2.46. The molecular weight excluding hydrogens is 252 g/mol. The predicted molar refractivity (Wildman–Crippen MR) is 81.1 cm³/mol. The van der Waals surface area contributed by atoms with Crippen LogP contribution in [0, 0.1) is 0 Å². The Hall–Kier alpha value is -1.62. The van der Waals surface area contributed by atoms with Gasteiger partial charge < -0.3 is 10.2 Å². The smallest absolute Gasteiger partial charge is 0.254 e. The van der Waals surface area contributed by atoms with Gasteiger partial charge in [-0.15, -0.1) is 0 Å². The van der Waals surface area contributed by atoms with Crippen molar-refractivity contribution < 1.29 is 4.79 Å². The lowest BCUT2D eigenvalue weighted by molar-refractivity contribution is 0.0962. The lowest BCUT2D eigenvalue weighted by Crippen LogP contribution is -2.54. The van der Waals surface area contributed by atoms with Crippen molar-refractivity contribution in [1.82, 2.24) is 15.2 Å². The number of carbonyl (C=O) groups is 1. The number of pyridine rings is 1. The predicted octanol–water partition coefficient (Wildman–Crippen LogP) is 1.36. The van der Waals surface area contributed by atoms with E-state index in [1.54, 1.807) is 13.2 Å². The molecule has 110 valence electrons. The number of carbonyl (C=O) groups excluding carboxylic acids is 1. The number of nitrogens with one attached hydrogen (secondary N) is 1. The van der Waals surface area contributed by atoms with E-state index in [0.29, 0.717) is 17.6 Å². The Balaban J connectivity index is 2.23. The first-order valence-electron chi connectivity index (χ1n) is 7.22. The molecule has 1 saturated heterocycles. The molecule has 0 spiro atoms. The Morgan fingerprint density at radius 2 is 2.20 bits per heavy atom. The van der Waals surface area contributed by atoms with Crippen LogP contribution in [0.4, 0.5) is 5.82 Å². The van der Waals surface area contributed by atoms with Crippen LogP contribution in [0.25, 0.3) is 0 Å². The van der Waals surface area contributed by atoms with Crippen molar-refractivity contribution in [2.45, 2.75) is 32.9 Å². The van der Waals surface area contributed by atoms with E-state index in [1.807, 2.05) is 12.1 Å². The third kappa shape index (κ3) is 2.93. The number of hydrogen-bond donors (Lipinski definition) is 1. The van der Waals surface area contributed by atoms with Gasteiger partial charge in [-0.25, -0.2) is 4.98 Å². The molecule has 1 fully saturated rings. The molecule has 2 heterocycles. The van der Waals surface area contributed by atoms with Crippen molar-refractivity contribution >= 4 is 11.7 Å². The summed E-state index contributed by atoms with van der Waals surface area (Å²) >= 11 is 0. The summed E-state index contributed by atoms with van der Waals surface area (Å²) in [6.45, 7) is 9.54. The van der Waals surface area contributed by atoms with Crippen molar-refractivity contribution in [2.24, 2.45) is 0 Å². The first kappa shape index (κ1) is 14.8. The highest BCUT2D eigenvalue weighted by molar-refractivity contribution is 5.98. The summed E-state index contributed by atoms with van der Waals surface area (Å²) in [7, 11) is 1.65. The molecule has 0 radical (unpaired) electrons. The molecule has 0 aromatic carbocycles. The fraction of sp³-hybridized carbons (Fsp3) is 0.600.